The van der Waals surface area contributed by atoms with Crippen molar-refractivity contribution in [2.24, 2.45) is 5.92 Å². The molecule has 0 atom stereocenters. The lowest BCUT2D eigenvalue weighted by Crippen LogP contribution is -2.38. The van der Waals surface area contributed by atoms with Gasteiger partial charge in [0.15, 0.2) is 5.03 Å². The van der Waals surface area contributed by atoms with Crippen LogP contribution in [0.1, 0.15) is 29.5 Å². The minimum Gasteiger partial charge on any atom is -0.335 e. The largest absolute Gasteiger partial charge is 0.335 e. The average molecular weight is 362 g/mol. The van der Waals surface area contributed by atoms with Crippen LogP contribution in [-0.2, 0) is 16.6 Å². The molecule has 2 heterocycles. The third kappa shape index (κ3) is 4.68. The quantitative estimate of drug-likeness (QED) is 0.826. The molecule has 0 bridgehead atoms. The van der Waals surface area contributed by atoms with E-state index in [1.165, 1.54) is 29.2 Å². The second-order valence-corrected chi connectivity index (χ2v) is 8.65. The van der Waals surface area contributed by atoms with Gasteiger partial charge in [-0.05, 0) is 56.8 Å². The third-order valence-electron chi connectivity index (χ3n) is 4.93. The summed E-state index contributed by atoms with van der Waals surface area (Å²) < 4.78 is 26.9. The first kappa shape index (κ1) is 18.1. The Kier molecular flexibility index (Phi) is 5.56. The Morgan fingerprint density at radius 3 is 2.72 bits per heavy atom. The molecule has 0 radical (unpaired) electrons. The molecular formula is C18H26N4O2S. The van der Waals surface area contributed by atoms with Crippen molar-refractivity contribution < 1.29 is 8.42 Å². The van der Waals surface area contributed by atoms with Crippen LogP contribution >= 0.6 is 0 Å². The topological polar surface area (TPSA) is 78.1 Å². The number of hydrogen-bond acceptors (Lipinski definition) is 4. The molecule has 0 aliphatic carbocycles. The van der Waals surface area contributed by atoms with Gasteiger partial charge < -0.3 is 4.98 Å². The van der Waals surface area contributed by atoms with Gasteiger partial charge >= 0.3 is 0 Å². The average Bonchev–Trinajstić information content (AvgIpc) is 3.13. The highest BCUT2D eigenvalue weighted by Crippen LogP contribution is 2.21. The molecule has 0 spiro atoms. The van der Waals surface area contributed by atoms with Crippen LogP contribution in [0.15, 0.2) is 35.7 Å². The highest BCUT2D eigenvalue weighted by atomic mass is 32.2. The van der Waals surface area contributed by atoms with Crippen LogP contribution in [0.3, 0.4) is 0 Å². The molecule has 0 saturated carbocycles. The lowest BCUT2D eigenvalue weighted by Gasteiger charge is -2.32. The lowest BCUT2D eigenvalue weighted by atomic mass is 9.96. The fourth-order valence-corrected chi connectivity index (χ4v) is 4.27. The SMILES string of the molecule is Cc1ccc(C)c(CN2CCC(CNS(=O)(=O)c3cnc[nH]3)CC2)c1. The molecule has 0 unspecified atom stereocenters. The van der Waals surface area contributed by atoms with E-state index in [9.17, 15) is 8.42 Å². The van der Waals surface area contributed by atoms with E-state index in [0.717, 1.165) is 32.5 Å². The van der Waals surface area contributed by atoms with Gasteiger partial charge in [0.2, 0.25) is 0 Å². The zero-order chi connectivity index (χ0) is 17.9. The predicted molar refractivity (Wildman–Crippen MR) is 97.7 cm³/mol. The third-order valence-corrected chi connectivity index (χ3v) is 6.28. The fourth-order valence-electron chi connectivity index (χ4n) is 3.26. The number of rotatable bonds is 6. The number of nitrogens with zero attached hydrogens (tertiary/aromatic N) is 2. The summed E-state index contributed by atoms with van der Waals surface area (Å²) in [5.41, 5.74) is 4.02. The minimum atomic E-state index is -3.47. The molecule has 7 heteroatoms. The Hall–Kier alpha value is -1.70. The van der Waals surface area contributed by atoms with Crippen LogP contribution in [0.5, 0.6) is 0 Å². The zero-order valence-electron chi connectivity index (χ0n) is 14.8. The van der Waals surface area contributed by atoms with Crippen molar-refractivity contribution in [2.75, 3.05) is 19.6 Å². The zero-order valence-corrected chi connectivity index (χ0v) is 15.6. The molecule has 2 N–H and O–H groups in total. The first-order chi connectivity index (χ1) is 11.9. The number of aromatic nitrogens is 2. The number of piperidine rings is 1. The lowest BCUT2D eigenvalue weighted by molar-refractivity contribution is 0.178. The van der Waals surface area contributed by atoms with Crippen molar-refractivity contribution in [3.63, 3.8) is 0 Å². The molecule has 1 aromatic carbocycles. The predicted octanol–water partition coefficient (Wildman–Crippen LogP) is 2.22. The normalized spacial score (nSPS) is 17.0. The number of hydrogen-bond donors (Lipinski definition) is 2. The summed E-state index contributed by atoms with van der Waals surface area (Å²) in [6.45, 7) is 7.75. The molecule has 2 aromatic rings. The van der Waals surface area contributed by atoms with Crippen LogP contribution in [-0.4, -0.2) is 42.9 Å². The van der Waals surface area contributed by atoms with E-state index in [1.54, 1.807) is 0 Å². The number of likely N-dealkylation sites (tertiary alicyclic amines) is 1. The van der Waals surface area contributed by atoms with Crippen molar-refractivity contribution in [1.29, 1.82) is 0 Å². The van der Waals surface area contributed by atoms with E-state index in [-0.39, 0.29) is 5.03 Å². The second-order valence-electron chi connectivity index (χ2n) is 6.92. The number of nitrogens with one attached hydrogen (secondary N) is 2. The number of aryl methyl sites for hydroxylation is 2. The molecule has 3 rings (SSSR count). The van der Waals surface area contributed by atoms with Gasteiger partial charge in [-0.25, -0.2) is 18.1 Å². The van der Waals surface area contributed by atoms with Gasteiger partial charge in [-0.1, -0.05) is 23.8 Å². The monoisotopic (exact) mass is 362 g/mol. The summed E-state index contributed by atoms with van der Waals surface area (Å²) in [5, 5.41) is 0.125. The minimum absolute atomic E-state index is 0.125. The Labute approximate surface area is 149 Å². The van der Waals surface area contributed by atoms with E-state index in [2.05, 4.69) is 51.6 Å². The van der Waals surface area contributed by atoms with E-state index in [4.69, 9.17) is 0 Å². The van der Waals surface area contributed by atoms with Crippen molar-refractivity contribution in [3.8, 4) is 0 Å². The Morgan fingerprint density at radius 2 is 2.04 bits per heavy atom. The first-order valence-electron chi connectivity index (χ1n) is 8.70. The van der Waals surface area contributed by atoms with Crippen LogP contribution in [0.25, 0.3) is 0 Å². The smallest absolute Gasteiger partial charge is 0.257 e. The molecule has 1 fully saturated rings. The van der Waals surface area contributed by atoms with E-state index < -0.39 is 10.0 Å². The van der Waals surface area contributed by atoms with Crippen molar-refractivity contribution in [3.05, 3.63) is 47.4 Å². The van der Waals surface area contributed by atoms with E-state index >= 15 is 0 Å². The van der Waals surface area contributed by atoms with Gasteiger partial charge in [-0.3, -0.25) is 4.90 Å². The van der Waals surface area contributed by atoms with Gasteiger partial charge in [-0.2, -0.15) is 0 Å². The summed E-state index contributed by atoms with van der Waals surface area (Å²) >= 11 is 0. The Bertz CT molecular complexity index is 794. The molecule has 25 heavy (non-hydrogen) atoms. The Morgan fingerprint density at radius 1 is 1.28 bits per heavy atom. The van der Waals surface area contributed by atoms with Gasteiger partial charge in [0, 0.05) is 13.1 Å². The van der Waals surface area contributed by atoms with Crippen LogP contribution in [0.4, 0.5) is 0 Å². The fraction of sp³-hybridized carbons (Fsp3) is 0.500. The van der Waals surface area contributed by atoms with Crippen LogP contribution < -0.4 is 4.72 Å². The van der Waals surface area contributed by atoms with Gasteiger partial charge in [0.05, 0.1) is 12.5 Å². The van der Waals surface area contributed by atoms with Gasteiger partial charge in [-0.15, -0.1) is 0 Å². The number of sulfonamides is 1. The van der Waals surface area contributed by atoms with Crippen molar-refractivity contribution in [2.45, 2.75) is 38.3 Å². The Balaban J connectivity index is 1.48. The molecule has 6 nitrogen and oxygen atoms in total. The number of aromatic amines is 1. The molecule has 1 aliphatic rings. The highest BCUT2D eigenvalue weighted by molar-refractivity contribution is 7.89. The first-order valence-corrected chi connectivity index (χ1v) is 10.2. The maximum Gasteiger partial charge on any atom is 0.257 e. The van der Waals surface area contributed by atoms with Gasteiger partial charge in [0.1, 0.15) is 0 Å². The summed E-state index contributed by atoms with van der Waals surface area (Å²) in [7, 11) is -3.47. The van der Waals surface area contributed by atoms with E-state index in [1.807, 2.05) is 0 Å². The second kappa shape index (κ2) is 7.68. The maximum absolute atomic E-state index is 12.1. The van der Waals surface area contributed by atoms with Crippen molar-refractivity contribution >= 4 is 10.0 Å². The molecule has 136 valence electrons. The summed E-state index contributed by atoms with van der Waals surface area (Å²) in [5.74, 6) is 0.382. The van der Waals surface area contributed by atoms with Crippen molar-refractivity contribution in [1.82, 2.24) is 19.6 Å². The molecule has 0 amide bonds. The standard InChI is InChI=1S/C18H26N4O2S/c1-14-3-4-15(2)17(9-14)12-22-7-5-16(6-8-22)10-21-25(23,24)18-11-19-13-20-18/h3-4,9,11,13,16,21H,5-8,10,12H2,1-2H3,(H,19,20). The molecular weight excluding hydrogens is 336 g/mol. The molecule has 1 saturated heterocycles. The summed E-state index contributed by atoms with van der Waals surface area (Å²) in [4.78, 5) is 8.86. The maximum atomic E-state index is 12.1. The summed E-state index contributed by atoms with van der Waals surface area (Å²) in [6.07, 6.45) is 4.72. The molecule has 1 aliphatic heterocycles. The number of imidazole rings is 1. The van der Waals surface area contributed by atoms with E-state index in [0.29, 0.717) is 12.5 Å². The molecule has 1 aromatic heterocycles. The number of benzene rings is 1. The number of H-pyrrole nitrogens is 1. The van der Waals surface area contributed by atoms with Gasteiger partial charge in [0.25, 0.3) is 10.0 Å². The summed E-state index contributed by atoms with van der Waals surface area (Å²) in [6, 6.07) is 6.60. The highest BCUT2D eigenvalue weighted by Gasteiger charge is 2.22. The van der Waals surface area contributed by atoms with Crippen LogP contribution in [0.2, 0.25) is 0 Å². The van der Waals surface area contributed by atoms with Crippen LogP contribution in [0, 0.1) is 19.8 Å².